The molecule has 2 fully saturated rings. The zero-order valence-electron chi connectivity index (χ0n) is 11.2. The molecule has 1 aromatic rings. The molecular weight excluding hydrogens is 272 g/mol. The quantitative estimate of drug-likeness (QED) is 0.817. The lowest BCUT2D eigenvalue weighted by Crippen LogP contribution is -2.21. The lowest BCUT2D eigenvalue weighted by molar-refractivity contribution is -0.120. The molecule has 1 amide bonds. The largest absolute Gasteiger partial charge is 0.487 e. The highest BCUT2D eigenvalue weighted by Crippen LogP contribution is 2.54. The van der Waals surface area contributed by atoms with Crippen molar-refractivity contribution >= 4 is 28.8 Å². The third-order valence-corrected chi connectivity index (χ3v) is 4.24. The Morgan fingerprint density at radius 1 is 1.25 bits per heavy atom. The lowest BCUT2D eigenvalue weighted by Gasteiger charge is -2.12. The lowest BCUT2D eigenvalue weighted by atomic mass is 10.0. The van der Waals surface area contributed by atoms with Gasteiger partial charge in [0.25, 0.3) is 0 Å². The molecule has 106 valence electrons. The first-order chi connectivity index (χ1) is 9.61. The fourth-order valence-electron chi connectivity index (χ4n) is 2.96. The molecule has 1 aromatic carbocycles. The second-order valence-electron chi connectivity index (χ2n) is 5.69. The molecule has 20 heavy (non-hydrogen) atoms. The van der Waals surface area contributed by atoms with Gasteiger partial charge in [-0.25, -0.2) is 0 Å². The van der Waals surface area contributed by atoms with Gasteiger partial charge in [-0.15, -0.1) is 0 Å². The molecule has 2 atom stereocenters. The number of hydrogen-bond acceptors (Lipinski definition) is 3. The van der Waals surface area contributed by atoms with E-state index in [0.29, 0.717) is 10.7 Å². The van der Waals surface area contributed by atoms with Crippen LogP contribution in [0.1, 0.15) is 19.3 Å². The summed E-state index contributed by atoms with van der Waals surface area (Å²) in [5.41, 5.74) is 6.17. The van der Waals surface area contributed by atoms with E-state index in [1.165, 1.54) is 6.42 Å². The van der Waals surface area contributed by atoms with Crippen LogP contribution in [0.15, 0.2) is 24.3 Å². The van der Waals surface area contributed by atoms with Gasteiger partial charge in [-0.1, -0.05) is 12.2 Å². The summed E-state index contributed by atoms with van der Waals surface area (Å²) in [7, 11) is 0. The Bertz CT molecular complexity index is 519. The Hall–Kier alpha value is -1.62. The summed E-state index contributed by atoms with van der Waals surface area (Å²) in [6, 6.07) is 7.28. The van der Waals surface area contributed by atoms with E-state index >= 15 is 0 Å². The smallest absolute Gasteiger partial charge is 0.227 e. The van der Waals surface area contributed by atoms with E-state index in [1.807, 2.05) is 12.1 Å². The summed E-state index contributed by atoms with van der Waals surface area (Å²) in [5.74, 6) is 2.68. The maximum absolute atomic E-state index is 12.1. The van der Waals surface area contributed by atoms with Crippen LogP contribution < -0.4 is 15.8 Å². The van der Waals surface area contributed by atoms with E-state index in [-0.39, 0.29) is 18.4 Å². The highest BCUT2D eigenvalue weighted by Gasteiger charge is 2.47. The molecule has 0 spiro atoms. The number of thiocarbonyl (C=S) groups is 1. The second kappa shape index (κ2) is 5.40. The summed E-state index contributed by atoms with van der Waals surface area (Å²) in [5, 5.41) is 2.97. The molecule has 0 heterocycles. The first-order valence-electron chi connectivity index (χ1n) is 6.94. The van der Waals surface area contributed by atoms with E-state index < -0.39 is 0 Å². The minimum absolute atomic E-state index is 0.147. The summed E-state index contributed by atoms with van der Waals surface area (Å²) in [6.07, 6.45) is 3.45. The Balaban J connectivity index is 1.52. The normalized spacial score (nSPS) is 26.7. The van der Waals surface area contributed by atoms with Gasteiger partial charge in [-0.3, -0.25) is 4.79 Å². The number of rotatable bonds is 5. The Labute approximate surface area is 123 Å². The van der Waals surface area contributed by atoms with Crippen LogP contribution in [0, 0.1) is 17.8 Å². The van der Waals surface area contributed by atoms with Crippen LogP contribution in [-0.4, -0.2) is 17.5 Å². The number of carbonyl (C=O) groups excluding carboxylic acids is 1. The highest BCUT2D eigenvalue weighted by molar-refractivity contribution is 7.80. The second-order valence-corrected chi connectivity index (χ2v) is 6.22. The molecule has 5 heteroatoms. The third kappa shape index (κ3) is 3.10. The molecule has 2 aliphatic carbocycles. The van der Waals surface area contributed by atoms with Crippen LogP contribution in [0.5, 0.6) is 5.75 Å². The summed E-state index contributed by atoms with van der Waals surface area (Å²) in [4.78, 5) is 12.4. The SMILES string of the molecule is NC(=S)COc1ccc(NC(=O)C2CC3CC3C2)cc1. The molecule has 2 unspecified atom stereocenters. The Morgan fingerprint density at radius 3 is 2.50 bits per heavy atom. The van der Waals surface area contributed by atoms with Crippen LogP contribution in [0.25, 0.3) is 0 Å². The minimum atomic E-state index is 0.147. The number of benzene rings is 1. The monoisotopic (exact) mass is 290 g/mol. The van der Waals surface area contributed by atoms with Gasteiger partial charge in [-0.2, -0.15) is 0 Å². The van der Waals surface area contributed by atoms with Gasteiger partial charge in [0.15, 0.2) is 0 Å². The van der Waals surface area contributed by atoms with Crippen LogP contribution >= 0.6 is 12.2 Å². The van der Waals surface area contributed by atoms with Crippen molar-refractivity contribution in [1.29, 1.82) is 0 Å². The molecular formula is C15H18N2O2S. The fraction of sp³-hybridized carbons (Fsp3) is 0.467. The standard InChI is InChI=1S/C15H18N2O2S/c16-14(20)8-19-13-3-1-12(2-4-13)17-15(18)11-6-9-5-10(9)7-11/h1-4,9-11H,5-8H2,(H2,16,20)(H,17,18). The van der Waals surface area contributed by atoms with E-state index in [1.54, 1.807) is 12.1 Å². The summed E-state index contributed by atoms with van der Waals surface area (Å²) >= 11 is 4.75. The number of nitrogens with one attached hydrogen (secondary N) is 1. The molecule has 0 saturated heterocycles. The number of carbonyl (C=O) groups is 1. The molecule has 2 saturated carbocycles. The fourth-order valence-corrected chi connectivity index (χ4v) is 3.02. The third-order valence-electron chi connectivity index (χ3n) is 4.12. The van der Waals surface area contributed by atoms with Crippen LogP contribution in [-0.2, 0) is 4.79 Å². The average molecular weight is 290 g/mol. The zero-order chi connectivity index (χ0) is 14.1. The van der Waals surface area contributed by atoms with Crippen LogP contribution in [0.2, 0.25) is 0 Å². The molecule has 0 bridgehead atoms. The minimum Gasteiger partial charge on any atom is -0.487 e. The van der Waals surface area contributed by atoms with Crippen LogP contribution in [0.3, 0.4) is 0 Å². The number of fused-ring (bicyclic) bond motifs is 1. The summed E-state index contributed by atoms with van der Waals surface area (Å²) in [6.45, 7) is 0.228. The van der Waals surface area contributed by atoms with Crippen molar-refractivity contribution in [2.75, 3.05) is 11.9 Å². The van der Waals surface area contributed by atoms with Gasteiger partial charge in [0.2, 0.25) is 5.91 Å². The maximum Gasteiger partial charge on any atom is 0.227 e. The molecule has 2 aliphatic rings. The molecule has 3 rings (SSSR count). The first kappa shape index (κ1) is 13.4. The molecule has 4 nitrogen and oxygen atoms in total. The van der Waals surface area contributed by atoms with Crippen molar-refractivity contribution in [3.05, 3.63) is 24.3 Å². The number of anilines is 1. The average Bonchev–Trinajstić information content (AvgIpc) is 3.04. The van der Waals surface area contributed by atoms with Crippen molar-refractivity contribution in [3.8, 4) is 5.75 Å². The van der Waals surface area contributed by atoms with Crippen molar-refractivity contribution in [2.24, 2.45) is 23.5 Å². The Kier molecular flexibility index (Phi) is 3.61. The molecule has 0 radical (unpaired) electrons. The van der Waals surface area contributed by atoms with Crippen molar-refractivity contribution in [1.82, 2.24) is 0 Å². The van der Waals surface area contributed by atoms with E-state index in [0.717, 1.165) is 30.4 Å². The van der Waals surface area contributed by atoms with E-state index in [9.17, 15) is 4.79 Å². The van der Waals surface area contributed by atoms with Crippen LogP contribution in [0.4, 0.5) is 5.69 Å². The number of nitrogens with two attached hydrogens (primary N) is 1. The maximum atomic E-state index is 12.1. The number of hydrogen-bond donors (Lipinski definition) is 2. The van der Waals surface area contributed by atoms with Gasteiger partial charge < -0.3 is 15.8 Å². The number of amides is 1. The zero-order valence-corrected chi connectivity index (χ0v) is 12.0. The number of ether oxygens (including phenoxy) is 1. The Morgan fingerprint density at radius 2 is 1.90 bits per heavy atom. The van der Waals surface area contributed by atoms with Crippen molar-refractivity contribution < 1.29 is 9.53 Å². The van der Waals surface area contributed by atoms with Crippen molar-refractivity contribution in [3.63, 3.8) is 0 Å². The molecule has 0 aliphatic heterocycles. The highest BCUT2D eigenvalue weighted by atomic mass is 32.1. The predicted octanol–water partition coefficient (Wildman–Crippen LogP) is 2.34. The van der Waals surface area contributed by atoms with E-state index in [2.05, 4.69) is 5.32 Å². The van der Waals surface area contributed by atoms with Gasteiger partial charge >= 0.3 is 0 Å². The van der Waals surface area contributed by atoms with Gasteiger partial charge in [-0.05, 0) is 55.4 Å². The summed E-state index contributed by atoms with van der Waals surface area (Å²) < 4.78 is 5.37. The predicted molar refractivity (Wildman–Crippen MR) is 81.7 cm³/mol. The van der Waals surface area contributed by atoms with E-state index in [4.69, 9.17) is 22.7 Å². The van der Waals surface area contributed by atoms with Gasteiger partial charge in [0, 0.05) is 11.6 Å². The molecule has 0 aromatic heterocycles. The van der Waals surface area contributed by atoms with Crippen molar-refractivity contribution in [2.45, 2.75) is 19.3 Å². The van der Waals surface area contributed by atoms with Gasteiger partial charge in [0.05, 0.1) is 0 Å². The molecule has 3 N–H and O–H groups in total. The van der Waals surface area contributed by atoms with Gasteiger partial charge in [0.1, 0.15) is 17.3 Å². The first-order valence-corrected chi connectivity index (χ1v) is 7.34. The topological polar surface area (TPSA) is 64.3 Å².